The number of hydrogen-bond donors (Lipinski definition) is 1. The molecule has 1 heterocycles. The van der Waals surface area contributed by atoms with Gasteiger partial charge in [0.1, 0.15) is 0 Å². The van der Waals surface area contributed by atoms with Crippen molar-refractivity contribution in [2.24, 2.45) is 0 Å². The number of nitrogens with zero attached hydrogens (tertiary/aromatic N) is 1. The minimum absolute atomic E-state index is 0.969. The van der Waals surface area contributed by atoms with Crippen LogP contribution in [-0.4, -0.2) is 19.8 Å². The van der Waals surface area contributed by atoms with Gasteiger partial charge in [0.25, 0.3) is 0 Å². The Balaban J connectivity index is 2.21. The predicted octanol–water partition coefficient (Wildman–Crippen LogP) is 1.82. The van der Waals surface area contributed by atoms with Gasteiger partial charge in [-0.3, -0.25) is 5.32 Å². The summed E-state index contributed by atoms with van der Waals surface area (Å²) in [5.74, 6) is 0. The molecule has 0 unspecified atom stereocenters. The zero-order valence-electron chi connectivity index (χ0n) is 6.76. The van der Waals surface area contributed by atoms with Crippen molar-refractivity contribution in [1.29, 1.82) is 0 Å². The third-order valence-electron chi connectivity index (χ3n) is 2.03. The highest BCUT2D eigenvalue weighted by molar-refractivity contribution is 9.10. The second kappa shape index (κ2) is 3.46. The molecule has 0 spiro atoms. The maximum absolute atomic E-state index is 3.46. The fraction of sp³-hybridized carbons (Fsp3) is 0.333. The van der Waals surface area contributed by atoms with Gasteiger partial charge in [0.15, 0.2) is 0 Å². The Kier molecular flexibility index (Phi) is 2.33. The van der Waals surface area contributed by atoms with Gasteiger partial charge in [0.2, 0.25) is 0 Å². The highest BCUT2D eigenvalue weighted by Gasteiger charge is 2.10. The molecule has 1 saturated heterocycles. The first kappa shape index (κ1) is 8.08. The van der Waals surface area contributed by atoms with Crippen molar-refractivity contribution in [2.75, 3.05) is 24.7 Å². The smallest absolute Gasteiger partial charge is 0.0683 e. The highest BCUT2D eigenvalue weighted by Crippen LogP contribution is 2.19. The van der Waals surface area contributed by atoms with Crippen LogP contribution < -0.4 is 10.2 Å². The summed E-state index contributed by atoms with van der Waals surface area (Å²) >= 11 is 3.46. The summed E-state index contributed by atoms with van der Waals surface area (Å²) in [7, 11) is 0. The van der Waals surface area contributed by atoms with Crippen LogP contribution in [0.15, 0.2) is 28.7 Å². The Morgan fingerprint density at radius 1 is 1.42 bits per heavy atom. The molecular formula is C9H11BrN2. The third kappa shape index (κ3) is 1.62. The Bertz CT molecular complexity index is 269. The number of rotatable bonds is 1. The average Bonchev–Trinajstić information content (AvgIpc) is 2.56. The van der Waals surface area contributed by atoms with Gasteiger partial charge < -0.3 is 4.90 Å². The van der Waals surface area contributed by atoms with Gasteiger partial charge in [0.05, 0.1) is 6.67 Å². The average molecular weight is 227 g/mol. The van der Waals surface area contributed by atoms with E-state index in [9.17, 15) is 0 Å². The second-order valence-electron chi connectivity index (χ2n) is 2.90. The summed E-state index contributed by atoms with van der Waals surface area (Å²) in [6, 6.07) is 8.40. The summed E-state index contributed by atoms with van der Waals surface area (Å²) in [4.78, 5) is 2.32. The van der Waals surface area contributed by atoms with Crippen molar-refractivity contribution in [3.63, 3.8) is 0 Å². The van der Waals surface area contributed by atoms with Crippen LogP contribution in [0.2, 0.25) is 0 Å². The third-order valence-corrected chi connectivity index (χ3v) is 2.53. The molecule has 1 aliphatic rings. The van der Waals surface area contributed by atoms with Crippen LogP contribution in [0.3, 0.4) is 0 Å². The number of nitrogens with one attached hydrogen (secondary N) is 1. The molecule has 1 aliphatic heterocycles. The summed E-state index contributed by atoms with van der Waals surface area (Å²) in [6.07, 6.45) is 0. The molecule has 0 atom stereocenters. The monoisotopic (exact) mass is 226 g/mol. The van der Waals surface area contributed by atoms with Crippen LogP contribution >= 0.6 is 15.9 Å². The molecule has 1 N–H and O–H groups in total. The van der Waals surface area contributed by atoms with Crippen LogP contribution in [0.5, 0.6) is 0 Å². The van der Waals surface area contributed by atoms with E-state index >= 15 is 0 Å². The lowest BCUT2D eigenvalue weighted by Crippen LogP contribution is -2.20. The molecule has 0 amide bonds. The summed E-state index contributed by atoms with van der Waals surface area (Å²) in [5.41, 5.74) is 1.29. The molecule has 12 heavy (non-hydrogen) atoms. The molecular weight excluding hydrogens is 216 g/mol. The van der Waals surface area contributed by atoms with E-state index in [0.717, 1.165) is 24.2 Å². The van der Waals surface area contributed by atoms with E-state index in [1.165, 1.54) is 5.69 Å². The standard InChI is InChI=1S/C9H11BrN2/c10-8-2-1-3-9(6-8)12-5-4-11-7-12/h1-3,6,11H,4-5,7H2. The minimum Gasteiger partial charge on any atom is -0.357 e. The summed E-state index contributed by atoms with van der Waals surface area (Å²) in [6.45, 7) is 3.17. The zero-order chi connectivity index (χ0) is 8.39. The Morgan fingerprint density at radius 2 is 2.33 bits per heavy atom. The van der Waals surface area contributed by atoms with Crippen molar-refractivity contribution in [3.05, 3.63) is 28.7 Å². The van der Waals surface area contributed by atoms with E-state index in [4.69, 9.17) is 0 Å². The summed E-state index contributed by atoms with van der Waals surface area (Å²) in [5, 5.41) is 3.30. The topological polar surface area (TPSA) is 15.3 Å². The molecule has 1 aromatic carbocycles. The van der Waals surface area contributed by atoms with E-state index in [1.807, 2.05) is 6.07 Å². The quantitative estimate of drug-likeness (QED) is 0.787. The molecule has 64 valence electrons. The lowest BCUT2D eigenvalue weighted by atomic mass is 10.3. The Morgan fingerprint density at radius 3 is 3.00 bits per heavy atom. The van der Waals surface area contributed by atoms with Gasteiger partial charge in [-0.1, -0.05) is 22.0 Å². The fourth-order valence-electron chi connectivity index (χ4n) is 1.40. The second-order valence-corrected chi connectivity index (χ2v) is 3.82. The number of halogens is 1. The largest absolute Gasteiger partial charge is 0.357 e. The SMILES string of the molecule is Brc1cccc(N2CCNC2)c1. The Labute approximate surface area is 80.7 Å². The van der Waals surface area contributed by atoms with Crippen LogP contribution in [0.1, 0.15) is 0 Å². The fourth-order valence-corrected chi connectivity index (χ4v) is 1.79. The van der Waals surface area contributed by atoms with Crippen molar-refractivity contribution in [1.82, 2.24) is 5.32 Å². The van der Waals surface area contributed by atoms with Gasteiger partial charge in [-0.15, -0.1) is 0 Å². The van der Waals surface area contributed by atoms with Crippen LogP contribution in [-0.2, 0) is 0 Å². The van der Waals surface area contributed by atoms with E-state index in [2.05, 4.69) is 44.3 Å². The normalized spacial score (nSPS) is 16.9. The first-order chi connectivity index (χ1) is 5.86. The van der Waals surface area contributed by atoms with Gasteiger partial charge in [-0.05, 0) is 18.2 Å². The molecule has 1 aromatic rings. The molecule has 1 fully saturated rings. The van der Waals surface area contributed by atoms with Gasteiger partial charge in [-0.2, -0.15) is 0 Å². The van der Waals surface area contributed by atoms with Crippen LogP contribution in [0.25, 0.3) is 0 Å². The van der Waals surface area contributed by atoms with Crippen molar-refractivity contribution >= 4 is 21.6 Å². The van der Waals surface area contributed by atoms with Crippen molar-refractivity contribution in [2.45, 2.75) is 0 Å². The van der Waals surface area contributed by atoms with Gasteiger partial charge in [-0.25, -0.2) is 0 Å². The molecule has 0 aliphatic carbocycles. The van der Waals surface area contributed by atoms with Crippen LogP contribution in [0.4, 0.5) is 5.69 Å². The van der Waals surface area contributed by atoms with E-state index in [0.29, 0.717) is 0 Å². The van der Waals surface area contributed by atoms with Crippen LogP contribution in [0, 0.1) is 0 Å². The highest BCUT2D eigenvalue weighted by atomic mass is 79.9. The Hall–Kier alpha value is -0.540. The zero-order valence-corrected chi connectivity index (χ0v) is 8.34. The van der Waals surface area contributed by atoms with Gasteiger partial charge >= 0.3 is 0 Å². The molecule has 0 aromatic heterocycles. The summed E-state index contributed by atoms with van der Waals surface area (Å²) < 4.78 is 1.15. The van der Waals surface area contributed by atoms with E-state index in [1.54, 1.807) is 0 Å². The van der Waals surface area contributed by atoms with Crippen molar-refractivity contribution in [3.8, 4) is 0 Å². The number of hydrogen-bond acceptors (Lipinski definition) is 2. The molecule has 0 radical (unpaired) electrons. The molecule has 0 bridgehead atoms. The van der Waals surface area contributed by atoms with Gasteiger partial charge in [0, 0.05) is 23.2 Å². The number of benzene rings is 1. The minimum atomic E-state index is 0.969. The lowest BCUT2D eigenvalue weighted by Gasteiger charge is -2.16. The number of anilines is 1. The predicted molar refractivity (Wildman–Crippen MR) is 54.4 cm³/mol. The van der Waals surface area contributed by atoms with E-state index < -0.39 is 0 Å². The molecule has 0 saturated carbocycles. The maximum atomic E-state index is 3.46. The lowest BCUT2D eigenvalue weighted by molar-refractivity contribution is 0.855. The first-order valence-corrected chi connectivity index (χ1v) is 4.87. The molecule has 3 heteroatoms. The molecule has 2 rings (SSSR count). The molecule has 2 nitrogen and oxygen atoms in total. The van der Waals surface area contributed by atoms with Crippen molar-refractivity contribution < 1.29 is 0 Å². The maximum Gasteiger partial charge on any atom is 0.0683 e. The van der Waals surface area contributed by atoms with E-state index in [-0.39, 0.29) is 0 Å². The first-order valence-electron chi connectivity index (χ1n) is 4.07.